The van der Waals surface area contributed by atoms with Gasteiger partial charge in [0.05, 0.1) is 18.7 Å². The van der Waals surface area contributed by atoms with Gasteiger partial charge in [0.1, 0.15) is 10.7 Å². The summed E-state index contributed by atoms with van der Waals surface area (Å²) in [6.07, 6.45) is 0.661. The summed E-state index contributed by atoms with van der Waals surface area (Å²) in [5, 5.41) is 0.528. The maximum absolute atomic E-state index is 13.2. The molecule has 0 bridgehead atoms. The largest absolute Gasteiger partial charge is 0.463 e. The Morgan fingerprint density at radius 2 is 1.93 bits per heavy atom. The Bertz CT molecular complexity index is 983. The molecule has 1 saturated heterocycles. The van der Waals surface area contributed by atoms with Crippen molar-refractivity contribution in [1.29, 1.82) is 0 Å². The number of halogens is 2. The standard InChI is InChI=1S/C19H22Cl2N2O5S/c1-13-10-14(20)11-16(21)18(13)29(25,26)23-7-3-6-22(8-9-23)12-15-4-5-17(28-15)19(24)27-2/h4-5,10-11H,3,6-9,12H2,1-2H3. The first-order chi connectivity index (χ1) is 13.7. The summed E-state index contributed by atoms with van der Waals surface area (Å²) in [7, 11) is -2.44. The fraction of sp³-hybridized carbons (Fsp3) is 0.421. The minimum Gasteiger partial charge on any atom is -0.463 e. The van der Waals surface area contributed by atoms with Gasteiger partial charge in [-0.3, -0.25) is 4.90 Å². The van der Waals surface area contributed by atoms with Crippen molar-refractivity contribution in [1.82, 2.24) is 9.21 Å². The summed E-state index contributed by atoms with van der Waals surface area (Å²) in [6.45, 7) is 4.11. The normalized spacial score (nSPS) is 16.6. The van der Waals surface area contributed by atoms with Crippen molar-refractivity contribution >= 4 is 39.2 Å². The maximum atomic E-state index is 13.2. The quantitative estimate of drug-likeness (QED) is 0.634. The van der Waals surface area contributed by atoms with Crippen molar-refractivity contribution in [2.45, 2.75) is 24.8 Å². The number of esters is 1. The highest BCUT2D eigenvalue weighted by Crippen LogP contribution is 2.31. The number of carbonyl (C=O) groups excluding carboxylic acids is 1. The fourth-order valence-electron chi connectivity index (χ4n) is 3.38. The number of benzene rings is 1. The van der Waals surface area contributed by atoms with E-state index in [1.165, 1.54) is 17.5 Å². The number of nitrogens with zero attached hydrogens (tertiary/aromatic N) is 2. The molecule has 2 aromatic rings. The van der Waals surface area contributed by atoms with E-state index < -0.39 is 16.0 Å². The Balaban J connectivity index is 1.71. The molecule has 1 aliphatic rings. The third kappa shape index (κ3) is 4.95. The van der Waals surface area contributed by atoms with Crippen molar-refractivity contribution in [2.75, 3.05) is 33.3 Å². The summed E-state index contributed by atoms with van der Waals surface area (Å²) in [4.78, 5) is 13.7. The van der Waals surface area contributed by atoms with E-state index in [2.05, 4.69) is 9.64 Å². The van der Waals surface area contributed by atoms with Crippen molar-refractivity contribution in [3.05, 3.63) is 51.4 Å². The number of carbonyl (C=O) groups is 1. The highest BCUT2D eigenvalue weighted by atomic mass is 35.5. The molecule has 7 nitrogen and oxygen atoms in total. The molecule has 1 fully saturated rings. The zero-order chi connectivity index (χ0) is 21.2. The Morgan fingerprint density at radius 1 is 1.17 bits per heavy atom. The van der Waals surface area contributed by atoms with Crippen LogP contribution in [0, 0.1) is 6.92 Å². The summed E-state index contributed by atoms with van der Waals surface area (Å²) in [6, 6.07) is 6.34. The lowest BCUT2D eigenvalue weighted by molar-refractivity contribution is 0.0561. The predicted octanol–water partition coefficient (Wildman–Crippen LogP) is 3.58. The Kier molecular flexibility index (Phi) is 6.90. The van der Waals surface area contributed by atoms with Gasteiger partial charge in [-0.1, -0.05) is 23.2 Å². The van der Waals surface area contributed by atoms with E-state index in [4.69, 9.17) is 27.6 Å². The number of sulfonamides is 1. The highest BCUT2D eigenvalue weighted by molar-refractivity contribution is 7.89. The fourth-order valence-corrected chi connectivity index (χ4v) is 5.99. The summed E-state index contributed by atoms with van der Waals surface area (Å²) in [5.74, 6) is 0.243. The lowest BCUT2D eigenvalue weighted by Crippen LogP contribution is -2.35. The topological polar surface area (TPSA) is 80.1 Å². The van der Waals surface area contributed by atoms with Gasteiger partial charge in [0.25, 0.3) is 0 Å². The lowest BCUT2D eigenvalue weighted by atomic mass is 10.2. The second-order valence-electron chi connectivity index (χ2n) is 6.82. The molecule has 0 aliphatic carbocycles. The van der Waals surface area contributed by atoms with Gasteiger partial charge >= 0.3 is 5.97 Å². The van der Waals surface area contributed by atoms with Gasteiger partial charge in [-0.25, -0.2) is 13.2 Å². The van der Waals surface area contributed by atoms with Gasteiger partial charge in [0.15, 0.2) is 0 Å². The SMILES string of the molecule is COC(=O)c1ccc(CN2CCCN(S(=O)(=O)c3c(C)cc(Cl)cc3Cl)CC2)o1. The number of ether oxygens (including phenoxy) is 1. The zero-order valence-electron chi connectivity index (χ0n) is 16.2. The monoisotopic (exact) mass is 460 g/mol. The molecule has 0 radical (unpaired) electrons. The molecule has 1 aromatic heterocycles. The van der Waals surface area contributed by atoms with Crippen molar-refractivity contribution in [2.24, 2.45) is 0 Å². The zero-order valence-corrected chi connectivity index (χ0v) is 18.5. The molecule has 0 amide bonds. The molecule has 2 heterocycles. The third-order valence-electron chi connectivity index (χ3n) is 4.77. The van der Waals surface area contributed by atoms with Gasteiger partial charge in [-0.05, 0) is 49.7 Å². The van der Waals surface area contributed by atoms with E-state index in [9.17, 15) is 13.2 Å². The van der Waals surface area contributed by atoms with Crippen LogP contribution in [0.4, 0.5) is 0 Å². The van der Waals surface area contributed by atoms with Crippen LogP contribution in [0.25, 0.3) is 0 Å². The first-order valence-electron chi connectivity index (χ1n) is 9.07. The molecular weight excluding hydrogens is 439 g/mol. The Hall–Kier alpha value is -1.58. The van der Waals surface area contributed by atoms with Crippen LogP contribution in [-0.2, 0) is 21.3 Å². The van der Waals surface area contributed by atoms with Gasteiger partial charge in [0, 0.05) is 24.7 Å². The number of hydrogen-bond donors (Lipinski definition) is 0. The molecule has 0 atom stereocenters. The van der Waals surface area contributed by atoms with Gasteiger partial charge in [-0.2, -0.15) is 4.31 Å². The van der Waals surface area contributed by atoms with Crippen LogP contribution in [0.3, 0.4) is 0 Å². The van der Waals surface area contributed by atoms with Gasteiger partial charge in [-0.15, -0.1) is 0 Å². The van der Waals surface area contributed by atoms with E-state index >= 15 is 0 Å². The second kappa shape index (κ2) is 9.06. The van der Waals surface area contributed by atoms with E-state index in [1.807, 2.05) is 0 Å². The number of hydrogen-bond acceptors (Lipinski definition) is 6. The minimum atomic E-state index is -3.74. The summed E-state index contributed by atoms with van der Waals surface area (Å²) >= 11 is 12.2. The second-order valence-corrected chi connectivity index (χ2v) is 9.54. The van der Waals surface area contributed by atoms with Crippen LogP contribution in [0.15, 0.2) is 33.6 Å². The van der Waals surface area contributed by atoms with Crippen LogP contribution < -0.4 is 0 Å². The van der Waals surface area contributed by atoms with Gasteiger partial charge in [0.2, 0.25) is 15.8 Å². The van der Waals surface area contributed by atoms with Crippen molar-refractivity contribution < 1.29 is 22.4 Å². The van der Waals surface area contributed by atoms with Crippen LogP contribution in [0.1, 0.15) is 28.3 Å². The van der Waals surface area contributed by atoms with Crippen LogP contribution in [0.2, 0.25) is 10.0 Å². The van der Waals surface area contributed by atoms with Crippen LogP contribution >= 0.6 is 23.2 Å². The molecule has 158 valence electrons. The van der Waals surface area contributed by atoms with E-state index in [-0.39, 0.29) is 15.7 Å². The number of aryl methyl sites for hydroxylation is 1. The average molecular weight is 461 g/mol. The van der Waals surface area contributed by atoms with E-state index in [0.29, 0.717) is 55.5 Å². The average Bonchev–Trinajstić information content (AvgIpc) is 2.97. The predicted molar refractivity (Wildman–Crippen MR) is 110 cm³/mol. The molecule has 0 unspecified atom stereocenters. The summed E-state index contributed by atoms with van der Waals surface area (Å²) < 4.78 is 38.0. The van der Waals surface area contributed by atoms with E-state index in [1.54, 1.807) is 25.1 Å². The molecule has 29 heavy (non-hydrogen) atoms. The molecule has 3 rings (SSSR count). The van der Waals surface area contributed by atoms with Gasteiger partial charge < -0.3 is 9.15 Å². The van der Waals surface area contributed by atoms with Crippen molar-refractivity contribution in [3.63, 3.8) is 0 Å². The number of methoxy groups -OCH3 is 1. The molecule has 0 spiro atoms. The van der Waals surface area contributed by atoms with Crippen LogP contribution in [0.5, 0.6) is 0 Å². The van der Waals surface area contributed by atoms with E-state index in [0.717, 1.165) is 0 Å². The first kappa shape index (κ1) is 22.1. The molecule has 0 N–H and O–H groups in total. The lowest BCUT2D eigenvalue weighted by Gasteiger charge is -2.22. The number of furan rings is 1. The molecular formula is C19H22Cl2N2O5S. The molecule has 1 aromatic carbocycles. The Morgan fingerprint density at radius 3 is 2.62 bits per heavy atom. The van der Waals surface area contributed by atoms with Crippen molar-refractivity contribution in [3.8, 4) is 0 Å². The maximum Gasteiger partial charge on any atom is 0.373 e. The molecule has 10 heteroatoms. The third-order valence-corrected chi connectivity index (χ3v) is 7.50. The Labute approximate surface area is 180 Å². The smallest absolute Gasteiger partial charge is 0.373 e. The first-order valence-corrected chi connectivity index (χ1v) is 11.3. The molecule has 1 aliphatic heterocycles. The number of rotatable bonds is 5. The summed E-state index contributed by atoms with van der Waals surface area (Å²) in [5.41, 5.74) is 0.523. The van der Waals surface area contributed by atoms with Crippen LogP contribution in [-0.4, -0.2) is 56.9 Å². The minimum absolute atomic E-state index is 0.103. The molecule has 0 saturated carbocycles. The highest BCUT2D eigenvalue weighted by Gasteiger charge is 2.30.